The lowest BCUT2D eigenvalue weighted by Crippen LogP contribution is -2.53. The van der Waals surface area contributed by atoms with Crippen LogP contribution in [-0.2, 0) is 5.67 Å². The molecule has 0 aliphatic carbocycles. The molecule has 1 N–H and O–H groups in total. The molecule has 0 atom stereocenters. The van der Waals surface area contributed by atoms with Gasteiger partial charge in [0.05, 0.1) is 0 Å². The van der Waals surface area contributed by atoms with Crippen molar-refractivity contribution < 1.29 is 4.39 Å². The van der Waals surface area contributed by atoms with E-state index in [0.29, 0.717) is 13.1 Å². The Labute approximate surface area is 91.3 Å². The molecule has 1 aromatic rings. The minimum Gasteiger partial charge on any atom is -0.310 e. The van der Waals surface area contributed by atoms with Gasteiger partial charge in [-0.05, 0) is 17.7 Å². The van der Waals surface area contributed by atoms with E-state index in [2.05, 4.69) is 21.2 Å². The maximum atomic E-state index is 13.7. The lowest BCUT2D eigenvalue weighted by molar-refractivity contribution is 0.0891. The van der Waals surface area contributed by atoms with Gasteiger partial charge in [-0.3, -0.25) is 0 Å². The van der Waals surface area contributed by atoms with E-state index < -0.39 is 5.67 Å². The van der Waals surface area contributed by atoms with Crippen molar-refractivity contribution in [3.63, 3.8) is 0 Å². The van der Waals surface area contributed by atoms with Crippen LogP contribution in [0.25, 0.3) is 0 Å². The maximum absolute atomic E-state index is 13.7. The van der Waals surface area contributed by atoms with Crippen molar-refractivity contribution in [2.45, 2.75) is 5.67 Å². The molecule has 72 valence electrons. The van der Waals surface area contributed by atoms with Gasteiger partial charge in [-0.2, -0.15) is 0 Å². The van der Waals surface area contributed by atoms with E-state index in [-0.39, 0.29) is 12.4 Å². The predicted molar refractivity (Wildman–Crippen MR) is 57.0 cm³/mol. The van der Waals surface area contributed by atoms with Gasteiger partial charge in [0.25, 0.3) is 0 Å². The van der Waals surface area contributed by atoms with Crippen LogP contribution in [0.5, 0.6) is 0 Å². The van der Waals surface area contributed by atoms with Crippen molar-refractivity contribution in [3.8, 4) is 0 Å². The summed E-state index contributed by atoms with van der Waals surface area (Å²) < 4.78 is 14.7. The Morgan fingerprint density at radius 2 is 1.77 bits per heavy atom. The van der Waals surface area contributed by atoms with Crippen molar-refractivity contribution >= 4 is 28.3 Å². The van der Waals surface area contributed by atoms with Gasteiger partial charge < -0.3 is 5.32 Å². The third-order valence-electron chi connectivity index (χ3n) is 2.17. The van der Waals surface area contributed by atoms with Gasteiger partial charge in [0.1, 0.15) is 0 Å². The fourth-order valence-electron chi connectivity index (χ4n) is 1.30. The molecule has 0 spiro atoms. The van der Waals surface area contributed by atoms with E-state index in [1.165, 1.54) is 0 Å². The summed E-state index contributed by atoms with van der Waals surface area (Å²) >= 11 is 3.31. The number of alkyl halides is 1. The molecule has 13 heavy (non-hydrogen) atoms. The Hall–Kier alpha value is -0.120. The smallest absolute Gasteiger partial charge is 0.160 e. The SMILES string of the molecule is Cl.FC1(c2ccc(Br)cc2)CNC1. The molecule has 1 aliphatic heterocycles. The molecule has 0 unspecified atom stereocenters. The Kier molecular flexibility index (Phi) is 3.33. The summed E-state index contributed by atoms with van der Waals surface area (Å²) in [5, 5.41) is 2.93. The molecule has 0 radical (unpaired) electrons. The number of hydrogen-bond donors (Lipinski definition) is 1. The van der Waals surface area contributed by atoms with Gasteiger partial charge in [-0.1, -0.05) is 28.1 Å². The Balaban J connectivity index is 0.000000845. The van der Waals surface area contributed by atoms with Crippen LogP contribution in [-0.4, -0.2) is 13.1 Å². The molecule has 1 heterocycles. The molecule has 1 nitrogen and oxygen atoms in total. The second-order valence-electron chi connectivity index (χ2n) is 3.08. The second kappa shape index (κ2) is 3.95. The van der Waals surface area contributed by atoms with Crippen molar-refractivity contribution in [3.05, 3.63) is 34.3 Å². The fraction of sp³-hybridized carbons (Fsp3) is 0.333. The minimum absolute atomic E-state index is 0. The Morgan fingerprint density at radius 1 is 1.23 bits per heavy atom. The lowest BCUT2D eigenvalue weighted by atomic mass is 9.90. The molecule has 0 amide bonds. The minimum atomic E-state index is -1.12. The summed E-state index contributed by atoms with van der Waals surface area (Å²) in [6, 6.07) is 7.39. The maximum Gasteiger partial charge on any atom is 0.160 e. The van der Waals surface area contributed by atoms with Gasteiger partial charge in [0, 0.05) is 17.6 Å². The van der Waals surface area contributed by atoms with E-state index in [0.717, 1.165) is 10.0 Å². The standard InChI is InChI=1S/C9H9BrFN.ClH/c10-8-3-1-7(2-4-8)9(11)5-12-6-9;/h1-4,12H,5-6H2;1H. The van der Waals surface area contributed by atoms with E-state index in [9.17, 15) is 4.39 Å². The van der Waals surface area contributed by atoms with Crippen LogP contribution < -0.4 is 5.32 Å². The number of nitrogens with one attached hydrogen (secondary N) is 1. The molecule has 2 rings (SSSR count). The van der Waals surface area contributed by atoms with Crippen molar-refractivity contribution in [2.75, 3.05) is 13.1 Å². The summed E-state index contributed by atoms with van der Waals surface area (Å²) in [4.78, 5) is 0. The number of halogens is 3. The largest absolute Gasteiger partial charge is 0.310 e. The summed E-state index contributed by atoms with van der Waals surface area (Å²) in [7, 11) is 0. The van der Waals surface area contributed by atoms with Crippen molar-refractivity contribution in [1.29, 1.82) is 0 Å². The van der Waals surface area contributed by atoms with Crippen LogP contribution in [0.1, 0.15) is 5.56 Å². The summed E-state index contributed by atoms with van der Waals surface area (Å²) in [5.74, 6) is 0. The molecule has 1 aliphatic rings. The van der Waals surface area contributed by atoms with E-state index >= 15 is 0 Å². The monoisotopic (exact) mass is 265 g/mol. The molecule has 0 bridgehead atoms. The quantitative estimate of drug-likeness (QED) is 0.824. The second-order valence-corrected chi connectivity index (χ2v) is 3.99. The van der Waals surface area contributed by atoms with Crippen LogP contribution in [0.4, 0.5) is 4.39 Å². The average molecular weight is 267 g/mol. The first-order valence-electron chi connectivity index (χ1n) is 3.86. The van der Waals surface area contributed by atoms with E-state index in [1.807, 2.05) is 24.3 Å². The zero-order chi connectivity index (χ0) is 8.60. The molecular formula is C9H10BrClFN. The highest BCUT2D eigenvalue weighted by atomic mass is 79.9. The van der Waals surface area contributed by atoms with Crippen molar-refractivity contribution in [1.82, 2.24) is 5.32 Å². The summed E-state index contributed by atoms with van der Waals surface area (Å²) in [5.41, 5.74) is -0.356. The molecule has 1 fully saturated rings. The van der Waals surface area contributed by atoms with Crippen LogP contribution in [0.3, 0.4) is 0 Å². The molecule has 0 aromatic heterocycles. The average Bonchev–Trinajstić information content (AvgIpc) is 2.02. The van der Waals surface area contributed by atoms with Gasteiger partial charge >= 0.3 is 0 Å². The molecule has 0 saturated carbocycles. The van der Waals surface area contributed by atoms with Gasteiger partial charge in [0.2, 0.25) is 0 Å². The normalized spacial score (nSPS) is 18.6. The van der Waals surface area contributed by atoms with Gasteiger partial charge in [-0.15, -0.1) is 12.4 Å². The van der Waals surface area contributed by atoms with Crippen molar-refractivity contribution in [2.24, 2.45) is 0 Å². The zero-order valence-electron chi connectivity index (χ0n) is 6.89. The Bertz CT molecular complexity index is 284. The number of hydrogen-bond acceptors (Lipinski definition) is 1. The van der Waals surface area contributed by atoms with Gasteiger partial charge in [-0.25, -0.2) is 4.39 Å². The highest BCUT2D eigenvalue weighted by Crippen LogP contribution is 2.30. The number of rotatable bonds is 1. The third kappa shape index (κ3) is 2.03. The van der Waals surface area contributed by atoms with E-state index in [4.69, 9.17) is 0 Å². The van der Waals surface area contributed by atoms with Crippen LogP contribution in [0.2, 0.25) is 0 Å². The lowest BCUT2D eigenvalue weighted by Gasteiger charge is -2.35. The highest BCUT2D eigenvalue weighted by Gasteiger charge is 2.38. The first-order chi connectivity index (χ1) is 5.71. The third-order valence-corrected chi connectivity index (χ3v) is 2.70. The zero-order valence-corrected chi connectivity index (χ0v) is 9.29. The summed E-state index contributed by atoms with van der Waals surface area (Å²) in [6.07, 6.45) is 0. The van der Waals surface area contributed by atoms with Gasteiger partial charge in [0.15, 0.2) is 5.67 Å². The highest BCUT2D eigenvalue weighted by molar-refractivity contribution is 9.10. The summed E-state index contributed by atoms with van der Waals surface area (Å²) in [6.45, 7) is 0.878. The van der Waals surface area contributed by atoms with Crippen LogP contribution >= 0.6 is 28.3 Å². The fourth-order valence-corrected chi connectivity index (χ4v) is 1.56. The first kappa shape index (κ1) is 11.0. The molecule has 1 saturated heterocycles. The Morgan fingerprint density at radius 3 is 2.15 bits per heavy atom. The van der Waals surface area contributed by atoms with Crippen LogP contribution in [0.15, 0.2) is 28.7 Å². The topological polar surface area (TPSA) is 12.0 Å². The van der Waals surface area contributed by atoms with Crippen LogP contribution in [0, 0.1) is 0 Å². The predicted octanol–water partition coefficient (Wildman–Crippen LogP) is 2.64. The molecule has 1 aromatic carbocycles. The van der Waals surface area contributed by atoms with E-state index in [1.54, 1.807) is 0 Å². The molecule has 4 heteroatoms. The molecular weight excluding hydrogens is 256 g/mol. The first-order valence-corrected chi connectivity index (χ1v) is 4.66. The number of benzene rings is 1.